The number of non-ortho nitro benzene ring substituents is 1. The van der Waals surface area contributed by atoms with E-state index >= 15 is 0 Å². The summed E-state index contributed by atoms with van der Waals surface area (Å²) in [6.07, 6.45) is 2.91. The van der Waals surface area contributed by atoms with Gasteiger partial charge in [0.25, 0.3) is 5.69 Å². The summed E-state index contributed by atoms with van der Waals surface area (Å²) in [5.41, 5.74) is 2.92. The van der Waals surface area contributed by atoms with Gasteiger partial charge in [0.1, 0.15) is 29.6 Å². The second kappa shape index (κ2) is 9.37. The molecule has 0 bridgehead atoms. The highest BCUT2D eigenvalue weighted by molar-refractivity contribution is 6.01. The summed E-state index contributed by atoms with van der Waals surface area (Å²) < 4.78 is 11.3. The van der Waals surface area contributed by atoms with Gasteiger partial charge in [0.05, 0.1) is 4.92 Å². The summed E-state index contributed by atoms with van der Waals surface area (Å²) in [6.45, 7) is 1.61. The van der Waals surface area contributed by atoms with Gasteiger partial charge in [0.2, 0.25) is 5.91 Å². The second-order valence-electron chi connectivity index (χ2n) is 7.28. The Morgan fingerprint density at radius 3 is 2.45 bits per heavy atom. The Balaban J connectivity index is 1.39. The number of hydrogen-bond donors (Lipinski definition) is 2. The number of nitro benzene ring substituents is 1. The molecule has 0 aliphatic rings. The van der Waals surface area contributed by atoms with Crippen molar-refractivity contribution < 1.29 is 23.7 Å². The first-order valence-corrected chi connectivity index (χ1v) is 10.1. The highest BCUT2D eigenvalue weighted by Gasteiger charge is 2.12. The van der Waals surface area contributed by atoms with E-state index in [9.17, 15) is 14.9 Å². The Labute approximate surface area is 188 Å². The van der Waals surface area contributed by atoms with Crippen LogP contribution >= 0.6 is 0 Å². The van der Waals surface area contributed by atoms with Gasteiger partial charge in [-0.3, -0.25) is 14.9 Å². The molecule has 33 heavy (non-hydrogen) atoms. The summed E-state index contributed by atoms with van der Waals surface area (Å²) in [6, 6.07) is 18.6. The van der Waals surface area contributed by atoms with Crippen LogP contribution in [0.15, 0.2) is 81.6 Å². The zero-order chi connectivity index (χ0) is 23.4. The molecule has 0 unspecified atom stereocenters. The molecule has 0 radical (unpaired) electrons. The Kier molecular flexibility index (Phi) is 6.19. The Morgan fingerprint density at radius 1 is 1.03 bits per heavy atom. The van der Waals surface area contributed by atoms with Gasteiger partial charge in [0, 0.05) is 35.0 Å². The van der Waals surface area contributed by atoms with E-state index < -0.39 is 4.92 Å². The Hall–Kier alpha value is -4.43. The zero-order valence-electron chi connectivity index (χ0n) is 17.6. The molecule has 166 valence electrons. The fourth-order valence-electron chi connectivity index (χ4n) is 3.30. The number of aliphatic hydroxyl groups excluding tert-OH is 1. The largest absolute Gasteiger partial charge is 0.459 e. The molecule has 0 atom stereocenters. The number of nitro groups is 1. The lowest BCUT2D eigenvalue weighted by atomic mass is 10.1. The second-order valence-corrected chi connectivity index (χ2v) is 7.28. The summed E-state index contributed by atoms with van der Waals surface area (Å²) in [5, 5.41) is 22.8. The lowest BCUT2D eigenvalue weighted by molar-refractivity contribution is -0.384. The topological polar surface area (TPSA) is 119 Å². The lowest BCUT2D eigenvalue weighted by Gasteiger charge is -2.03. The number of furan rings is 2. The van der Waals surface area contributed by atoms with Gasteiger partial charge >= 0.3 is 0 Å². The maximum Gasteiger partial charge on any atom is 0.269 e. The van der Waals surface area contributed by atoms with E-state index in [1.165, 1.54) is 18.2 Å². The molecule has 0 fully saturated rings. The van der Waals surface area contributed by atoms with E-state index in [1.807, 2.05) is 12.1 Å². The molecule has 0 aliphatic carbocycles. The maximum absolute atomic E-state index is 12.3. The van der Waals surface area contributed by atoms with Crippen LogP contribution < -0.4 is 5.32 Å². The molecule has 4 rings (SSSR count). The minimum Gasteiger partial charge on any atom is -0.459 e. The molecule has 2 N–H and O–H groups in total. The third-order valence-electron chi connectivity index (χ3n) is 4.97. The fourth-order valence-corrected chi connectivity index (χ4v) is 3.30. The number of nitrogens with one attached hydrogen (secondary N) is 1. The number of amides is 1. The first-order chi connectivity index (χ1) is 15.9. The van der Waals surface area contributed by atoms with E-state index in [2.05, 4.69) is 5.32 Å². The van der Waals surface area contributed by atoms with Crippen LogP contribution in [-0.4, -0.2) is 15.9 Å². The highest BCUT2D eigenvalue weighted by Crippen LogP contribution is 2.29. The third kappa shape index (κ3) is 5.08. The monoisotopic (exact) mass is 444 g/mol. The number of nitrogens with zero attached hydrogens (tertiary/aromatic N) is 1. The van der Waals surface area contributed by atoms with Crippen LogP contribution in [0.2, 0.25) is 0 Å². The van der Waals surface area contributed by atoms with Crippen molar-refractivity contribution in [1.29, 1.82) is 0 Å². The van der Waals surface area contributed by atoms with Gasteiger partial charge in [-0.1, -0.05) is 0 Å². The molecule has 8 nitrogen and oxygen atoms in total. The molecule has 1 amide bonds. The highest BCUT2D eigenvalue weighted by atomic mass is 16.6. The van der Waals surface area contributed by atoms with Crippen LogP contribution in [0.4, 0.5) is 11.4 Å². The van der Waals surface area contributed by atoms with E-state index in [-0.39, 0.29) is 18.2 Å². The van der Waals surface area contributed by atoms with Crippen molar-refractivity contribution >= 4 is 23.4 Å². The quantitative estimate of drug-likeness (QED) is 0.219. The van der Waals surface area contributed by atoms with Crippen LogP contribution in [-0.2, 0) is 11.4 Å². The van der Waals surface area contributed by atoms with Crippen molar-refractivity contribution in [3.05, 3.63) is 100 Å². The molecule has 0 saturated heterocycles. The molecule has 0 aliphatic heterocycles. The molecule has 2 aromatic heterocycles. The van der Waals surface area contributed by atoms with Crippen LogP contribution in [0, 0.1) is 17.0 Å². The Bertz CT molecular complexity index is 1330. The van der Waals surface area contributed by atoms with Gasteiger partial charge in [-0.15, -0.1) is 0 Å². The van der Waals surface area contributed by atoms with Crippen molar-refractivity contribution in [3.63, 3.8) is 0 Å². The number of benzene rings is 2. The average Bonchev–Trinajstić information content (AvgIpc) is 3.48. The van der Waals surface area contributed by atoms with Crippen LogP contribution in [0.5, 0.6) is 0 Å². The van der Waals surface area contributed by atoms with Gasteiger partial charge in [-0.2, -0.15) is 0 Å². The first-order valence-electron chi connectivity index (χ1n) is 10.1. The zero-order valence-corrected chi connectivity index (χ0v) is 17.6. The Morgan fingerprint density at radius 2 is 1.79 bits per heavy atom. The number of carbonyl (C=O) groups is 1. The van der Waals surface area contributed by atoms with Crippen molar-refractivity contribution in [3.8, 4) is 22.6 Å². The SMILES string of the molecule is Cc1cc([N+](=O)[O-])ccc1-c1ccc(/C=C/C(=O)Nc2ccc(-c3ccc(CO)o3)cc2)o1. The number of rotatable bonds is 7. The third-order valence-corrected chi connectivity index (χ3v) is 4.97. The van der Waals surface area contributed by atoms with Crippen molar-refractivity contribution in [2.24, 2.45) is 0 Å². The number of carbonyl (C=O) groups excluding carboxylic acids is 1. The molecular formula is C25H20N2O6. The smallest absolute Gasteiger partial charge is 0.269 e. The molecule has 0 spiro atoms. The molecule has 0 saturated carbocycles. The summed E-state index contributed by atoms with van der Waals surface area (Å²) in [5.74, 6) is 1.82. The summed E-state index contributed by atoms with van der Waals surface area (Å²) in [4.78, 5) is 22.7. The van der Waals surface area contributed by atoms with Crippen molar-refractivity contribution in [1.82, 2.24) is 0 Å². The summed E-state index contributed by atoms with van der Waals surface area (Å²) >= 11 is 0. The predicted octanol–water partition coefficient (Wildman–Crippen LogP) is 5.57. The molecule has 2 aromatic carbocycles. The summed E-state index contributed by atoms with van der Waals surface area (Å²) in [7, 11) is 0. The number of aliphatic hydroxyl groups is 1. The lowest BCUT2D eigenvalue weighted by Crippen LogP contribution is -2.07. The first kappa shape index (κ1) is 21.8. The van der Waals surface area contributed by atoms with E-state index in [0.29, 0.717) is 28.7 Å². The van der Waals surface area contributed by atoms with Crippen LogP contribution in [0.3, 0.4) is 0 Å². The number of aryl methyl sites for hydroxylation is 1. The van der Waals surface area contributed by atoms with E-state index in [4.69, 9.17) is 13.9 Å². The van der Waals surface area contributed by atoms with Gasteiger partial charge in [-0.25, -0.2) is 0 Å². The van der Waals surface area contributed by atoms with Crippen molar-refractivity contribution in [2.45, 2.75) is 13.5 Å². The minimum absolute atomic E-state index is 0.0201. The van der Waals surface area contributed by atoms with Gasteiger partial charge < -0.3 is 19.3 Å². The standard InChI is InChI=1S/C25H20N2O6/c1-16-14-19(27(30)31)6-10-22(16)24-12-7-20(32-24)9-13-25(29)26-18-4-2-17(3-5-18)23-11-8-21(15-28)33-23/h2-14,28H,15H2,1H3,(H,26,29)/b13-9+. The average molecular weight is 444 g/mol. The van der Waals surface area contributed by atoms with Crippen LogP contribution in [0.25, 0.3) is 28.7 Å². The van der Waals surface area contributed by atoms with Crippen LogP contribution in [0.1, 0.15) is 17.1 Å². The number of hydrogen-bond acceptors (Lipinski definition) is 6. The predicted molar refractivity (Wildman–Crippen MR) is 123 cm³/mol. The normalized spacial score (nSPS) is 11.1. The maximum atomic E-state index is 12.3. The minimum atomic E-state index is -0.441. The van der Waals surface area contributed by atoms with Gasteiger partial charge in [-0.05, 0) is 73.2 Å². The number of anilines is 1. The van der Waals surface area contributed by atoms with E-state index in [1.54, 1.807) is 55.5 Å². The van der Waals surface area contributed by atoms with Gasteiger partial charge in [0.15, 0.2) is 0 Å². The molecule has 8 heteroatoms. The fraction of sp³-hybridized carbons (Fsp3) is 0.0800. The molecular weight excluding hydrogens is 424 g/mol. The van der Waals surface area contributed by atoms with E-state index in [0.717, 1.165) is 16.7 Å². The molecule has 2 heterocycles. The molecule has 4 aromatic rings. The van der Waals surface area contributed by atoms with Crippen molar-refractivity contribution in [2.75, 3.05) is 5.32 Å².